The number of likely N-dealkylation sites (tertiary alicyclic amines) is 1. The molecule has 2 fully saturated rings. The Balaban J connectivity index is 1.75. The molecule has 0 saturated carbocycles. The maximum absolute atomic E-state index is 13.1. The average molecular weight is 441 g/mol. The van der Waals surface area contributed by atoms with Gasteiger partial charge in [-0.25, -0.2) is 0 Å². The summed E-state index contributed by atoms with van der Waals surface area (Å²) in [6.45, 7) is 7.37. The van der Waals surface area contributed by atoms with E-state index >= 15 is 0 Å². The molecule has 9 nitrogen and oxygen atoms in total. The van der Waals surface area contributed by atoms with Gasteiger partial charge in [-0.1, -0.05) is 12.1 Å². The molecule has 2 aliphatic heterocycles. The molecular weight excluding hydrogens is 412 g/mol. The Bertz CT molecular complexity index is 1020. The smallest absolute Gasteiger partial charge is 0.295 e. The maximum atomic E-state index is 13.1. The lowest BCUT2D eigenvalue weighted by Gasteiger charge is -2.31. The number of nitrogens with one attached hydrogen (secondary N) is 1. The Hall–Kier alpha value is -3.17. The number of ketones is 1. The molecule has 1 aromatic carbocycles. The van der Waals surface area contributed by atoms with Crippen LogP contribution in [0, 0.1) is 13.8 Å². The van der Waals surface area contributed by atoms with Gasteiger partial charge in [0.25, 0.3) is 11.7 Å². The SMILES string of the molecule is COc1ccc(C2/C(=C(\O)c3c(C)n[nH]c3C)C(=O)C(=O)N2CCN2CCOCC2)cc1. The summed E-state index contributed by atoms with van der Waals surface area (Å²) in [5.74, 6) is -0.841. The van der Waals surface area contributed by atoms with Gasteiger partial charge in [-0.05, 0) is 31.5 Å². The van der Waals surface area contributed by atoms with E-state index in [9.17, 15) is 14.7 Å². The monoisotopic (exact) mass is 440 g/mol. The topological polar surface area (TPSA) is 108 Å². The number of benzene rings is 1. The van der Waals surface area contributed by atoms with Crippen LogP contribution in [0.25, 0.3) is 5.76 Å². The second-order valence-corrected chi connectivity index (χ2v) is 8.03. The molecule has 0 bridgehead atoms. The van der Waals surface area contributed by atoms with E-state index in [0.29, 0.717) is 49.0 Å². The number of methoxy groups -OCH3 is 1. The molecule has 2 aromatic rings. The Morgan fingerprint density at radius 3 is 2.47 bits per heavy atom. The second-order valence-electron chi connectivity index (χ2n) is 8.03. The number of carbonyl (C=O) groups is 2. The van der Waals surface area contributed by atoms with E-state index in [-0.39, 0.29) is 11.3 Å². The third kappa shape index (κ3) is 4.01. The lowest BCUT2D eigenvalue weighted by molar-refractivity contribution is -0.140. The largest absolute Gasteiger partial charge is 0.507 e. The van der Waals surface area contributed by atoms with E-state index in [1.807, 2.05) is 12.1 Å². The van der Waals surface area contributed by atoms with Crippen molar-refractivity contribution < 1.29 is 24.2 Å². The van der Waals surface area contributed by atoms with Crippen LogP contribution >= 0.6 is 0 Å². The molecule has 9 heteroatoms. The molecule has 2 N–H and O–H groups in total. The summed E-state index contributed by atoms with van der Waals surface area (Å²) in [6.07, 6.45) is 0. The zero-order valence-electron chi connectivity index (χ0n) is 18.6. The molecule has 0 aliphatic carbocycles. The van der Waals surface area contributed by atoms with Crippen molar-refractivity contribution in [3.8, 4) is 5.75 Å². The van der Waals surface area contributed by atoms with Crippen LogP contribution < -0.4 is 4.74 Å². The number of hydrogen-bond donors (Lipinski definition) is 2. The van der Waals surface area contributed by atoms with Crippen LogP contribution in [-0.2, 0) is 14.3 Å². The van der Waals surface area contributed by atoms with E-state index in [1.165, 1.54) is 0 Å². The van der Waals surface area contributed by atoms with Crippen LogP contribution in [-0.4, -0.2) is 83.3 Å². The molecule has 0 radical (unpaired) electrons. The third-order valence-electron chi connectivity index (χ3n) is 6.10. The first kappa shape index (κ1) is 22.0. The van der Waals surface area contributed by atoms with Crippen molar-refractivity contribution in [3.05, 3.63) is 52.4 Å². The zero-order chi connectivity index (χ0) is 22.8. The van der Waals surface area contributed by atoms with Gasteiger partial charge in [-0.3, -0.25) is 19.6 Å². The van der Waals surface area contributed by atoms with Gasteiger partial charge in [0.05, 0.1) is 43.2 Å². The van der Waals surface area contributed by atoms with Crippen LogP contribution in [0.2, 0.25) is 0 Å². The molecule has 32 heavy (non-hydrogen) atoms. The van der Waals surface area contributed by atoms with Gasteiger partial charge in [-0.15, -0.1) is 0 Å². The Kier molecular flexibility index (Phi) is 6.29. The minimum Gasteiger partial charge on any atom is -0.507 e. The number of hydrogen-bond acceptors (Lipinski definition) is 7. The fraction of sp³-hybridized carbons (Fsp3) is 0.435. The molecule has 2 aliphatic rings. The summed E-state index contributed by atoms with van der Waals surface area (Å²) < 4.78 is 10.6. The molecule has 2 saturated heterocycles. The highest BCUT2D eigenvalue weighted by molar-refractivity contribution is 6.46. The number of rotatable bonds is 6. The lowest BCUT2D eigenvalue weighted by atomic mass is 9.94. The summed E-state index contributed by atoms with van der Waals surface area (Å²) in [4.78, 5) is 30.0. The minimum atomic E-state index is -0.698. The highest BCUT2D eigenvalue weighted by atomic mass is 16.5. The van der Waals surface area contributed by atoms with Crippen LogP contribution in [0.1, 0.15) is 28.6 Å². The highest BCUT2D eigenvalue weighted by Crippen LogP contribution is 2.40. The lowest BCUT2D eigenvalue weighted by Crippen LogP contribution is -2.42. The predicted octanol–water partition coefficient (Wildman–Crippen LogP) is 1.79. The van der Waals surface area contributed by atoms with Gasteiger partial charge >= 0.3 is 0 Å². The normalized spacial score (nSPS) is 21.3. The molecule has 3 heterocycles. The first-order valence-corrected chi connectivity index (χ1v) is 10.7. The number of ether oxygens (including phenoxy) is 2. The van der Waals surface area contributed by atoms with E-state index in [0.717, 1.165) is 18.7 Å². The fourth-order valence-electron chi connectivity index (χ4n) is 4.35. The van der Waals surface area contributed by atoms with Crippen molar-refractivity contribution in [2.75, 3.05) is 46.5 Å². The Morgan fingerprint density at radius 2 is 1.88 bits per heavy atom. The molecule has 4 rings (SSSR count). The van der Waals surface area contributed by atoms with Crippen LogP contribution in [0.3, 0.4) is 0 Å². The zero-order valence-corrected chi connectivity index (χ0v) is 18.6. The standard InChI is InChI=1S/C23H28N4O5/c1-14-18(15(2)25-24-14)21(28)19-20(16-4-6-17(31-3)7-5-16)27(23(30)22(19)29)9-8-26-10-12-32-13-11-26/h4-7,20,28H,8-13H2,1-3H3,(H,24,25)/b21-19+. The first-order chi connectivity index (χ1) is 15.4. The number of aromatic amines is 1. The van der Waals surface area contributed by atoms with E-state index in [1.54, 1.807) is 38.0 Å². The number of aliphatic hydroxyl groups excluding tert-OH is 1. The Labute approximate surface area is 186 Å². The fourth-order valence-corrected chi connectivity index (χ4v) is 4.35. The van der Waals surface area contributed by atoms with Gasteiger partial charge in [-0.2, -0.15) is 5.10 Å². The molecule has 170 valence electrons. The van der Waals surface area contributed by atoms with Crippen molar-refractivity contribution in [2.45, 2.75) is 19.9 Å². The van der Waals surface area contributed by atoms with Crippen LogP contribution in [0.4, 0.5) is 0 Å². The predicted molar refractivity (Wildman–Crippen MR) is 117 cm³/mol. The molecule has 1 atom stereocenters. The van der Waals surface area contributed by atoms with E-state index < -0.39 is 17.7 Å². The summed E-state index contributed by atoms with van der Waals surface area (Å²) in [5, 5.41) is 18.1. The summed E-state index contributed by atoms with van der Waals surface area (Å²) in [6, 6.07) is 6.51. The Morgan fingerprint density at radius 1 is 1.19 bits per heavy atom. The van der Waals surface area contributed by atoms with Crippen LogP contribution in [0.5, 0.6) is 5.75 Å². The summed E-state index contributed by atoms with van der Waals surface area (Å²) >= 11 is 0. The number of carbonyl (C=O) groups excluding carboxylic acids is 2. The van der Waals surface area contributed by atoms with Crippen molar-refractivity contribution >= 4 is 17.4 Å². The van der Waals surface area contributed by atoms with Crippen molar-refractivity contribution in [3.63, 3.8) is 0 Å². The maximum Gasteiger partial charge on any atom is 0.295 e. The minimum absolute atomic E-state index is 0.0785. The average Bonchev–Trinajstić information content (AvgIpc) is 3.28. The second kappa shape index (κ2) is 9.13. The van der Waals surface area contributed by atoms with E-state index in [2.05, 4.69) is 15.1 Å². The molecule has 0 spiro atoms. The number of aliphatic hydroxyl groups is 1. The highest BCUT2D eigenvalue weighted by Gasteiger charge is 2.46. The van der Waals surface area contributed by atoms with Crippen molar-refractivity contribution in [2.24, 2.45) is 0 Å². The summed E-state index contributed by atoms with van der Waals surface area (Å²) in [5.41, 5.74) is 2.46. The van der Waals surface area contributed by atoms with Crippen LogP contribution in [0.15, 0.2) is 29.8 Å². The molecule has 1 amide bonds. The molecule has 1 unspecified atom stereocenters. The quantitative estimate of drug-likeness (QED) is 0.401. The van der Waals surface area contributed by atoms with E-state index in [4.69, 9.17) is 9.47 Å². The van der Waals surface area contributed by atoms with Crippen molar-refractivity contribution in [1.29, 1.82) is 0 Å². The summed E-state index contributed by atoms with van der Waals surface area (Å²) in [7, 11) is 1.58. The number of amides is 1. The number of H-pyrrole nitrogens is 1. The third-order valence-corrected chi connectivity index (χ3v) is 6.10. The van der Waals surface area contributed by atoms with Gasteiger partial charge in [0.15, 0.2) is 0 Å². The van der Waals surface area contributed by atoms with Gasteiger partial charge in [0.2, 0.25) is 0 Å². The number of aromatic nitrogens is 2. The molecule has 1 aromatic heterocycles. The van der Waals surface area contributed by atoms with Gasteiger partial charge < -0.3 is 19.5 Å². The van der Waals surface area contributed by atoms with Crippen molar-refractivity contribution in [1.82, 2.24) is 20.0 Å². The van der Waals surface area contributed by atoms with Gasteiger partial charge in [0, 0.05) is 31.9 Å². The number of aryl methyl sites for hydroxylation is 2. The van der Waals surface area contributed by atoms with Gasteiger partial charge in [0.1, 0.15) is 11.5 Å². The number of morpholine rings is 1. The first-order valence-electron chi connectivity index (χ1n) is 10.7. The number of Topliss-reactive ketones (excluding diaryl/α,β-unsaturated/α-hetero) is 1. The number of nitrogens with zero attached hydrogens (tertiary/aromatic N) is 3. The molecular formula is C23H28N4O5.